The number of nitrogens with zero attached hydrogens (tertiary/aromatic N) is 3. The normalized spacial score (nSPS) is 11.8. The first-order valence-corrected chi connectivity index (χ1v) is 9.16. The van der Waals surface area contributed by atoms with E-state index in [-0.39, 0.29) is 11.3 Å². The van der Waals surface area contributed by atoms with Crippen LogP contribution >= 0.6 is 11.6 Å². The van der Waals surface area contributed by atoms with E-state index in [1.807, 2.05) is 12.1 Å². The second-order valence-electron chi connectivity index (χ2n) is 6.23. The van der Waals surface area contributed by atoms with Crippen LogP contribution < -0.4 is 11.0 Å². The van der Waals surface area contributed by atoms with Crippen molar-refractivity contribution in [3.8, 4) is 5.75 Å². The molecule has 7 nitrogen and oxygen atoms in total. The Balaban J connectivity index is 1.99. The van der Waals surface area contributed by atoms with Gasteiger partial charge < -0.3 is 9.84 Å². The van der Waals surface area contributed by atoms with Crippen LogP contribution in [0.2, 0.25) is 5.02 Å². The summed E-state index contributed by atoms with van der Waals surface area (Å²) in [7, 11) is 1.62. The summed E-state index contributed by atoms with van der Waals surface area (Å²) in [4.78, 5) is 17.4. The first-order chi connectivity index (χ1) is 13.5. The molecule has 2 aromatic carbocycles. The number of hydrogen-bond acceptors (Lipinski definition) is 6. The van der Waals surface area contributed by atoms with E-state index in [4.69, 9.17) is 16.3 Å². The number of rotatable bonds is 7. The van der Waals surface area contributed by atoms with Crippen LogP contribution in [0.1, 0.15) is 18.9 Å². The number of benzene rings is 2. The number of phenols is 1. The molecule has 0 saturated carbocycles. The van der Waals surface area contributed by atoms with Gasteiger partial charge in [-0.3, -0.25) is 9.36 Å². The van der Waals surface area contributed by atoms with Gasteiger partial charge in [0, 0.05) is 30.8 Å². The number of phenolic OH excluding ortho intramolecular Hbond substituents is 1. The van der Waals surface area contributed by atoms with Crippen molar-refractivity contribution in [1.82, 2.24) is 9.55 Å². The standard InChI is InChI=1S/C20H21ClN4O3/c1-13(16-12-14(21)8-9-18(16)26)23-24-20-22-17-7-4-3-6-15(17)19(27)25(20)10-5-11-28-2/h3-4,6-9,12,26H,5,10-11H2,1-2H3,(H,22,24)/b23-13+. The van der Waals surface area contributed by atoms with Crippen LogP contribution in [-0.2, 0) is 11.3 Å². The van der Waals surface area contributed by atoms with Crippen molar-refractivity contribution in [3.63, 3.8) is 0 Å². The Kier molecular flexibility index (Phi) is 6.28. The highest BCUT2D eigenvalue weighted by Gasteiger charge is 2.11. The smallest absolute Gasteiger partial charge is 0.262 e. The first-order valence-electron chi connectivity index (χ1n) is 8.79. The predicted molar refractivity (Wildman–Crippen MR) is 111 cm³/mol. The van der Waals surface area contributed by atoms with Gasteiger partial charge in [-0.25, -0.2) is 10.4 Å². The zero-order valence-electron chi connectivity index (χ0n) is 15.6. The van der Waals surface area contributed by atoms with E-state index in [0.717, 1.165) is 0 Å². The summed E-state index contributed by atoms with van der Waals surface area (Å²) in [6.07, 6.45) is 0.656. The van der Waals surface area contributed by atoms with Crippen LogP contribution in [0.25, 0.3) is 10.9 Å². The van der Waals surface area contributed by atoms with Crippen LogP contribution in [0.3, 0.4) is 0 Å². The van der Waals surface area contributed by atoms with Gasteiger partial charge in [0.1, 0.15) is 5.75 Å². The third kappa shape index (κ3) is 4.32. The fourth-order valence-electron chi connectivity index (χ4n) is 2.82. The molecule has 0 bridgehead atoms. The molecule has 8 heteroatoms. The molecule has 2 N–H and O–H groups in total. The van der Waals surface area contributed by atoms with Crippen molar-refractivity contribution in [2.45, 2.75) is 19.9 Å². The lowest BCUT2D eigenvalue weighted by molar-refractivity contribution is 0.190. The molecule has 0 aliphatic rings. The van der Waals surface area contributed by atoms with E-state index < -0.39 is 0 Å². The Morgan fingerprint density at radius 2 is 2.11 bits per heavy atom. The quantitative estimate of drug-likeness (QED) is 0.359. The van der Waals surface area contributed by atoms with Gasteiger partial charge in [-0.1, -0.05) is 23.7 Å². The molecule has 0 unspecified atom stereocenters. The number of para-hydroxylation sites is 1. The molecule has 0 amide bonds. The van der Waals surface area contributed by atoms with Crippen LogP contribution in [0, 0.1) is 0 Å². The largest absolute Gasteiger partial charge is 0.507 e. The van der Waals surface area contributed by atoms with Gasteiger partial charge in [-0.15, -0.1) is 0 Å². The number of halogens is 1. The molecule has 146 valence electrons. The number of hydrazone groups is 1. The maximum atomic E-state index is 12.9. The molecule has 0 saturated heterocycles. The molecule has 0 radical (unpaired) electrons. The molecule has 0 aliphatic carbocycles. The molecular formula is C20H21ClN4O3. The van der Waals surface area contributed by atoms with Crippen LogP contribution in [0.4, 0.5) is 5.95 Å². The topological polar surface area (TPSA) is 88.7 Å². The van der Waals surface area contributed by atoms with Crippen LogP contribution in [0.5, 0.6) is 5.75 Å². The molecule has 0 atom stereocenters. The lowest BCUT2D eigenvalue weighted by Gasteiger charge is -2.13. The van der Waals surface area contributed by atoms with Gasteiger partial charge in [0.2, 0.25) is 5.95 Å². The molecule has 0 spiro atoms. The SMILES string of the molecule is COCCCn1c(N/N=C(\C)c2cc(Cl)ccc2O)nc2ccccc2c1=O. The fourth-order valence-corrected chi connectivity index (χ4v) is 2.99. The van der Waals surface area contributed by atoms with Crippen molar-refractivity contribution in [2.24, 2.45) is 5.10 Å². The lowest BCUT2D eigenvalue weighted by atomic mass is 10.1. The maximum Gasteiger partial charge on any atom is 0.262 e. The minimum absolute atomic E-state index is 0.0661. The summed E-state index contributed by atoms with van der Waals surface area (Å²) >= 11 is 6.00. The van der Waals surface area contributed by atoms with Gasteiger partial charge in [0.25, 0.3) is 5.56 Å². The Bertz CT molecular complexity index is 1080. The summed E-state index contributed by atoms with van der Waals surface area (Å²) in [5.74, 6) is 0.386. The Hall–Kier alpha value is -2.90. The van der Waals surface area contributed by atoms with Crippen LogP contribution in [0.15, 0.2) is 52.4 Å². The molecular weight excluding hydrogens is 380 g/mol. The number of nitrogens with one attached hydrogen (secondary N) is 1. The molecule has 1 heterocycles. The number of anilines is 1. The second kappa shape index (κ2) is 8.86. The molecule has 1 aromatic heterocycles. The predicted octanol–water partition coefficient (Wildman–Crippen LogP) is 3.63. The average Bonchev–Trinajstić information content (AvgIpc) is 2.70. The first kappa shape index (κ1) is 19.9. The number of aromatic nitrogens is 2. The number of methoxy groups -OCH3 is 1. The summed E-state index contributed by atoms with van der Waals surface area (Å²) in [5, 5.41) is 15.4. The summed E-state index contributed by atoms with van der Waals surface area (Å²) in [6.45, 7) is 2.69. The highest BCUT2D eigenvalue weighted by atomic mass is 35.5. The minimum Gasteiger partial charge on any atom is -0.507 e. The van der Waals surface area contributed by atoms with E-state index in [2.05, 4.69) is 15.5 Å². The average molecular weight is 401 g/mol. The van der Waals surface area contributed by atoms with Gasteiger partial charge in [-0.05, 0) is 43.7 Å². The monoisotopic (exact) mass is 400 g/mol. The zero-order valence-corrected chi connectivity index (χ0v) is 16.4. The van der Waals surface area contributed by atoms with Gasteiger partial charge in [-0.2, -0.15) is 5.10 Å². The van der Waals surface area contributed by atoms with E-state index in [0.29, 0.717) is 52.7 Å². The van der Waals surface area contributed by atoms with Crippen molar-refractivity contribution in [2.75, 3.05) is 19.1 Å². The number of aromatic hydroxyl groups is 1. The molecule has 3 aromatic rings. The Morgan fingerprint density at radius 3 is 2.89 bits per heavy atom. The highest BCUT2D eigenvalue weighted by Crippen LogP contribution is 2.22. The number of ether oxygens (including phenoxy) is 1. The number of hydrogen-bond donors (Lipinski definition) is 2. The van der Waals surface area contributed by atoms with Crippen LogP contribution in [-0.4, -0.2) is 34.1 Å². The highest BCUT2D eigenvalue weighted by molar-refractivity contribution is 6.31. The van der Waals surface area contributed by atoms with Gasteiger partial charge >= 0.3 is 0 Å². The lowest BCUT2D eigenvalue weighted by Crippen LogP contribution is -2.25. The Morgan fingerprint density at radius 1 is 1.32 bits per heavy atom. The van der Waals surface area contributed by atoms with E-state index in [1.165, 1.54) is 10.6 Å². The van der Waals surface area contributed by atoms with E-state index >= 15 is 0 Å². The zero-order chi connectivity index (χ0) is 20.1. The minimum atomic E-state index is -0.150. The third-order valence-corrected chi connectivity index (χ3v) is 4.50. The van der Waals surface area contributed by atoms with Gasteiger partial charge in [0.05, 0.1) is 16.6 Å². The Labute approximate surface area is 167 Å². The molecule has 0 fully saturated rings. The number of fused-ring (bicyclic) bond motifs is 1. The second-order valence-corrected chi connectivity index (χ2v) is 6.66. The summed E-state index contributed by atoms with van der Waals surface area (Å²) < 4.78 is 6.62. The van der Waals surface area contributed by atoms with Crippen molar-refractivity contribution < 1.29 is 9.84 Å². The van der Waals surface area contributed by atoms with E-state index in [9.17, 15) is 9.90 Å². The fraction of sp³-hybridized carbons (Fsp3) is 0.250. The van der Waals surface area contributed by atoms with Crippen molar-refractivity contribution >= 4 is 34.2 Å². The summed E-state index contributed by atoms with van der Waals surface area (Å²) in [6, 6.07) is 11.9. The van der Waals surface area contributed by atoms with Crippen molar-refractivity contribution in [3.05, 3.63) is 63.4 Å². The molecule has 3 rings (SSSR count). The van der Waals surface area contributed by atoms with E-state index in [1.54, 1.807) is 38.3 Å². The maximum absolute atomic E-state index is 12.9. The molecule has 0 aliphatic heterocycles. The summed E-state index contributed by atoms with van der Waals surface area (Å²) in [5.41, 5.74) is 4.29. The van der Waals surface area contributed by atoms with Crippen molar-refractivity contribution in [1.29, 1.82) is 0 Å². The van der Waals surface area contributed by atoms with Gasteiger partial charge in [0.15, 0.2) is 0 Å². The third-order valence-electron chi connectivity index (χ3n) is 4.26. The molecule has 28 heavy (non-hydrogen) atoms.